The standard InChI is InChI=1S/C18H26O3/c1-2-3-4-5-6-7-8-14-21-17-11-9-10-16(15-17)12-13-18(19)20/h9-13,15H,2-8,14H2,1H3,(H,19,20). The van der Waals surface area contributed by atoms with Gasteiger partial charge >= 0.3 is 5.97 Å². The number of unbranched alkanes of at least 4 members (excludes halogenated alkanes) is 6. The minimum atomic E-state index is -0.940. The number of rotatable bonds is 11. The van der Waals surface area contributed by atoms with E-state index in [4.69, 9.17) is 9.84 Å². The molecule has 0 radical (unpaired) electrons. The molecule has 1 N–H and O–H groups in total. The molecule has 3 heteroatoms. The molecule has 0 saturated heterocycles. The smallest absolute Gasteiger partial charge is 0.328 e. The van der Waals surface area contributed by atoms with Gasteiger partial charge in [-0.2, -0.15) is 0 Å². The van der Waals surface area contributed by atoms with E-state index in [0.717, 1.165) is 30.4 Å². The summed E-state index contributed by atoms with van der Waals surface area (Å²) in [5, 5.41) is 8.60. The molecule has 0 amide bonds. The van der Waals surface area contributed by atoms with Crippen LogP contribution in [0.2, 0.25) is 0 Å². The van der Waals surface area contributed by atoms with Crippen molar-refractivity contribution in [3.63, 3.8) is 0 Å². The number of carboxylic acids is 1. The largest absolute Gasteiger partial charge is 0.494 e. The highest BCUT2D eigenvalue weighted by atomic mass is 16.5. The molecular weight excluding hydrogens is 264 g/mol. The Hall–Kier alpha value is -1.77. The monoisotopic (exact) mass is 290 g/mol. The molecule has 21 heavy (non-hydrogen) atoms. The number of benzene rings is 1. The lowest BCUT2D eigenvalue weighted by atomic mass is 10.1. The Labute approximate surface area is 127 Å². The normalized spacial score (nSPS) is 10.9. The average Bonchev–Trinajstić information content (AvgIpc) is 2.48. The van der Waals surface area contributed by atoms with E-state index in [-0.39, 0.29) is 0 Å². The molecule has 3 nitrogen and oxygen atoms in total. The zero-order chi connectivity index (χ0) is 15.3. The number of carbonyl (C=O) groups is 1. The first-order chi connectivity index (χ1) is 10.2. The van der Waals surface area contributed by atoms with Gasteiger partial charge in [-0.05, 0) is 30.2 Å². The molecule has 0 unspecified atom stereocenters. The van der Waals surface area contributed by atoms with Crippen LogP contribution in [0, 0.1) is 0 Å². The molecule has 0 aliphatic carbocycles. The van der Waals surface area contributed by atoms with Crippen molar-refractivity contribution in [1.82, 2.24) is 0 Å². The zero-order valence-corrected chi connectivity index (χ0v) is 12.9. The van der Waals surface area contributed by atoms with E-state index >= 15 is 0 Å². The Kier molecular flexibility index (Phi) is 9.01. The van der Waals surface area contributed by atoms with Crippen molar-refractivity contribution in [1.29, 1.82) is 0 Å². The molecule has 0 aliphatic rings. The van der Waals surface area contributed by atoms with Crippen LogP contribution in [0.4, 0.5) is 0 Å². The Morgan fingerprint density at radius 3 is 2.57 bits per heavy atom. The highest BCUT2D eigenvalue weighted by Gasteiger charge is 1.96. The third-order valence-corrected chi connectivity index (χ3v) is 3.29. The summed E-state index contributed by atoms with van der Waals surface area (Å²) in [6.45, 7) is 2.95. The summed E-state index contributed by atoms with van der Waals surface area (Å²) in [7, 11) is 0. The molecular formula is C18H26O3. The van der Waals surface area contributed by atoms with Gasteiger partial charge in [0.15, 0.2) is 0 Å². The maximum Gasteiger partial charge on any atom is 0.328 e. The Morgan fingerprint density at radius 1 is 1.14 bits per heavy atom. The van der Waals surface area contributed by atoms with E-state index in [1.54, 1.807) is 6.08 Å². The SMILES string of the molecule is CCCCCCCCCOc1cccc(C=CC(=O)O)c1. The molecule has 0 heterocycles. The molecule has 0 fully saturated rings. The van der Waals surface area contributed by atoms with E-state index < -0.39 is 5.97 Å². The van der Waals surface area contributed by atoms with Gasteiger partial charge < -0.3 is 9.84 Å². The van der Waals surface area contributed by atoms with Crippen molar-refractivity contribution in [2.75, 3.05) is 6.61 Å². The first kappa shape index (κ1) is 17.3. The predicted molar refractivity (Wildman–Crippen MR) is 86.6 cm³/mol. The van der Waals surface area contributed by atoms with Gasteiger partial charge in [-0.25, -0.2) is 4.79 Å². The third kappa shape index (κ3) is 8.90. The van der Waals surface area contributed by atoms with Crippen molar-refractivity contribution in [2.45, 2.75) is 51.9 Å². The van der Waals surface area contributed by atoms with Gasteiger partial charge in [0, 0.05) is 6.08 Å². The van der Waals surface area contributed by atoms with Gasteiger partial charge in [0.2, 0.25) is 0 Å². The van der Waals surface area contributed by atoms with E-state index in [2.05, 4.69) is 6.92 Å². The molecule has 1 aromatic carbocycles. The second kappa shape index (κ2) is 11.0. The quantitative estimate of drug-likeness (QED) is 0.465. The molecule has 0 saturated carbocycles. The van der Waals surface area contributed by atoms with Crippen LogP contribution in [0.5, 0.6) is 5.75 Å². The lowest BCUT2D eigenvalue weighted by molar-refractivity contribution is -0.131. The molecule has 1 rings (SSSR count). The van der Waals surface area contributed by atoms with Crippen LogP contribution in [0.15, 0.2) is 30.3 Å². The molecule has 0 bridgehead atoms. The predicted octanol–water partition coefficient (Wildman–Crippen LogP) is 4.91. The number of aliphatic carboxylic acids is 1. The van der Waals surface area contributed by atoms with Crippen LogP contribution < -0.4 is 4.74 Å². The Morgan fingerprint density at radius 2 is 1.86 bits per heavy atom. The number of hydrogen-bond acceptors (Lipinski definition) is 2. The fourth-order valence-electron chi connectivity index (χ4n) is 2.12. The highest BCUT2D eigenvalue weighted by molar-refractivity contribution is 5.85. The van der Waals surface area contributed by atoms with Crippen LogP contribution in [-0.2, 0) is 4.79 Å². The van der Waals surface area contributed by atoms with Crippen molar-refractivity contribution in [2.24, 2.45) is 0 Å². The number of ether oxygens (including phenoxy) is 1. The summed E-state index contributed by atoms with van der Waals surface area (Å²) in [6.07, 6.45) is 11.6. The Balaban J connectivity index is 2.20. The van der Waals surface area contributed by atoms with Crippen molar-refractivity contribution < 1.29 is 14.6 Å². The minimum absolute atomic E-state index is 0.722. The minimum Gasteiger partial charge on any atom is -0.494 e. The summed E-state index contributed by atoms with van der Waals surface area (Å²) < 4.78 is 5.70. The van der Waals surface area contributed by atoms with Crippen LogP contribution in [0.25, 0.3) is 6.08 Å². The molecule has 0 aliphatic heterocycles. The van der Waals surface area contributed by atoms with E-state index in [1.807, 2.05) is 24.3 Å². The molecule has 0 spiro atoms. The second-order valence-electron chi connectivity index (χ2n) is 5.21. The highest BCUT2D eigenvalue weighted by Crippen LogP contribution is 2.15. The lowest BCUT2D eigenvalue weighted by Gasteiger charge is -2.07. The maximum absolute atomic E-state index is 10.5. The van der Waals surface area contributed by atoms with Gasteiger partial charge in [-0.1, -0.05) is 57.6 Å². The van der Waals surface area contributed by atoms with Crippen LogP contribution >= 0.6 is 0 Å². The summed E-state index contributed by atoms with van der Waals surface area (Å²) in [4.78, 5) is 10.5. The van der Waals surface area contributed by atoms with E-state index in [0.29, 0.717) is 0 Å². The molecule has 0 aromatic heterocycles. The Bertz CT molecular complexity index is 438. The summed E-state index contributed by atoms with van der Waals surface area (Å²) in [6, 6.07) is 7.50. The number of carboxylic acid groups (broad SMARTS) is 1. The van der Waals surface area contributed by atoms with Gasteiger partial charge in [0.25, 0.3) is 0 Å². The van der Waals surface area contributed by atoms with Crippen LogP contribution in [-0.4, -0.2) is 17.7 Å². The summed E-state index contributed by atoms with van der Waals surface area (Å²) in [5.74, 6) is -0.141. The van der Waals surface area contributed by atoms with Crippen LogP contribution in [0.3, 0.4) is 0 Å². The molecule has 1 aromatic rings. The average molecular weight is 290 g/mol. The zero-order valence-electron chi connectivity index (χ0n) is 12.9. The first-order valence-electron chi connectivity index (χ1n) is 7.86. The van der Waals surface area contributed by atoms with Gasteiger partial charge in [0.05, 0.1) is 6.61 Å². The van der Waals surface area contributed by atoms with Crippen molar-refractivity contribution in [3.8, 4) is 5.75 Å². The van der Waals surface area contributed by atoms with E-state index in [9.17, 15) is 4.79 Å². The molecule has 0 atom stereocenters. The van der Waals surface area contributed by atoms with Crippen molar-refractivity contribution in [3.05, 3.63) is 35.9 Å². The number of hydrogen-bond donors (Lipinski definition) is 1. The first-order valence-corrected chi connectivity index (χ1v) is 7.86. The fraction of sp³-hybridized carbons (Fsp3) is 0.500. The lowest BCUT2D eigenvalue weighted by Crippen LogP contribution is -1.97. The maximum atomic E-state index is 10.5. The topological polar surface area (TPSA) is 46.5 Å². The second-order valence-corrected chi connectivity index (χ2v) is 5.21. The summed E-state index contributed by atoms with van der Waals surface area (Å²) >= 11 is 0. The van der Waals surface area contributed by atoms with Gasteiger partial charge in [-0.3, -0.25) is 0 Å². The molecule has 116 valence electrons. The summed E-state index contributed by atoms with van der Waals surface area (Å²) in [5.41, 5.74) is 0.842. The van der Waals surface area contributed by atoms with E-state index in [1.165, 1.54) is 38.5 Å². The van der Waals surface area contributed by atoms with Gasteiger partial charge in [0.1, 0.15) is 5.75 Å². The van der Waals surface area contributed by atoms with Gasteiger partial charge in [-0.15, -0.1) is 0 Å². The van der Waals surface area contributed by atoms with Crippen LogP contribution in [0.1, 0.15) is 57.4 Å². The fourth-order valence-corrected chi connectivity index (χ4v) is 2.12. The van der Waals surface area contributed by atoms with Crippen molar-refractivity contribution >= 4 is 12.0 Å². The third-order valence-electron chi connectivity index (χ3n) is 3.29.